The molecule has 0 aliphatic heterocycles. The van der Waals surface area contributed by atoms with Crippen molar-refractivity contribution < 1.29 is 18.7 Å². The molecular weight excluding hydrogens is 234 g/mol. The van der Waals surface area contributed by atoms with Crippen LogP contribution in [-0.2, 0) is 20.8 Å². The van der Waals surface area contributed by atoms with Gasteiger partial charge in [0.25, 0.3) is 0 Å². The molecule has 5 heteroatoms. The van der Waals surface area contributed by atoms with Gasteiger partial charge in [0, 0.05) is 18.7 Å². The van der Waals surface area contributed by atoms with Gasteiger partial charge in [0.05, 0.1) is 19.5 Å². The number of aryl methyl sites for hydroxylation is 1. The lowest BCUT2D eigenvalue weighted by atomic mass is 10.2. The van der Waals surface area contributed by atoms with Crippen LogP contribution >= 0.6 is 0 Å². The third-order valence-corrected chi connectivity index (χ3v) is 2.55. The van der Waals surface area contributed by atoms with Crippen LogP contribution in [0.5, 0.6) is 0 Å². The lowest BCUT2D eigenvalue weighted by Gasteiger charge is -2.15. The molecule has 0 unspecified atom stereocenters. The standard InChI is InChI=1S/C13H21NO4/c1-4-17-13(15)10-16-8-6-14(3)9-12-5-7-18-11(12)2/h5,7H,4,6,8-10H2,1-3H3. The van der Waals surface area contributed by atoms with Crippen molar-refractivity contribution in [1.82, 2.24) is 4.90 Å². The molecule has 0 radical (unpaired) electrons. The van der Waals surface area contributed by atoms with Crippen molar-refractivity contribution >= 4 is 5.97 Å². The third kappa shape index (κ3) is 5.33. The number of esters is 1. The Kier molecular flexibility index (Phi) is 6.46. The van der Waals surface area contributed by atoms with Crippen LogP contribution in [0.25, 0.3) is 0 Å². The van der Waals surface area contributed by atoms with Crippen molar-refractivity contribution in [2.75, 3.05) is 33.4 Å². The van der Waals surface area contributed by atoms with Crippen molar-refractivity contribution in [2.45, 2.75) is 20.4 Å². The van der Waals surface area contributed by atoms with Crippen molar-refractivity contribution in [1.29, 1.82) is 0 Å². The minimum absolute atomic E-state index is 0.0203. The molecule has 0 saturated heterocycles. The summed E-state index contributed by atoms with van der Waals surface area (Å²) in [5.74, 6) is 0.625. The van der Waals surface area contributed by atoms with Gasteiger partial charge in [-0.2, -0.15) is 0 Å². The minimum atomic E-state index is -0.314. The smallest absolute Gasteiger partial charge is 0.332 e. The highest BCUT2D eigenvalue weighted by Crippen LogP contribution is 2.10. The summed E-state index contributed by atoms with van der Waals surface area (Å²) < 4.78 is 15.2. The van der Waals surface area contributed by atoms with Crippen LogP contribution in [0.15, 0.2) is 16.7 Å². The fraction of sp³-hybridized carbons (Fsp3) is 0.615. The summed E-state index contributed by atoms with van der Waals surface area (Å²) in [7, 11) is 2.00. The van der Waals surface area contributed by atoms with Gasteiger partial charge in [-0.25, -0.2) is 4.79 Å². The van der Waals surface area contributed by atoms with E-state index >= 15 is 0 Å². The first-order valence-electron chi connectivity index (χ1n) is 6.08. The molecule has 0 bridgehead atoms. The molecule has 0 aliphatic carbocycles. The predicted octanol–water partition coefficient (Wildman–Crippen LogP) is 1.60. The minimum Gasteiger partial charge on any atom is -0.469 e. The molecule has 1 heterocycles. The fourth-order valence-corrected chi connectivity index (χ4v) is 1.52. The SMILES string of the molecule is CCOC(=O)COCCN(C)Cc1ccoc1C. The zero-order valence-electron chi connectivity index (χ0n) is 11.3. The van der Waals surface area contributed by atoms with E-state index in [0.717, 1.165) is 18.8 Å². The zero-order valence-corrected chi connectivity index (χ0v) is 11.3. The number of carbonyl (C=O) groups excluding carboxylic acids is 1. The van der Waals surface area contributed by atoms with Crippen LogP contribution < -0.4 is 0 Å². The molecule has 102 valence electrons. The van der Waals surface area contributed by atoms with Gasteiger partial charge in [0.1, 0.15) is 12.4 Å². The van der Waals surface area contributed by atoms with E-state index in [0.29, 0.717) is 13.2 Å². The van der Waals surface area contributed by atoms with Gasteiger partial charge in [-0.1, -0.05) is 0 Å². The Hall–Kier alpha value is -1.33. The fourth-order valence-electron chi connectivity index (χ4n) is 1.52. The second kappa shape index (κ2) is 7.89. The van der Waals surface area contributed by atoms with Gasteiger partial charge in [0.15, 0.2) is 0 Å². The summed E-state index contributed by atoms with van der Waals surface area (Å²) in [6.45, 7) is 6.20. The summed E-state index contributed by atoms with van der Waals surface area (Å²) in [4.78, 5) is 13.1. The number of carbonyl (C=O) groups is 1. The molecule has 5 nitrogen and oxygen atoms in total. The van der Waals surface area contributed by atoms with Crippen molar-refractivity contribution in [3.63, 3.8) is 0 Å². The van der Waals surface area contributed by atoms with Gasteiger partial charge in [-0.05, 0) is 27.0 Å². The van der Waals surface area contributed by atoms with Gasteiger partial charge in [0.2, 0.25) is 0 Å². The van der Waals surface area contributed by atoms with E-state index in [2.05, 4.69) is 4.90 Å². The van der Waals surface area contributed by atoms with Crippen molar-refractivity contribution in [3.05, 3.63) is 23.7 Å². The quantitative estimate of drug-likeness (QED) is 0.521. The zero-order chi connectivity index (χ0) is 13.4. The van der Waals surface area contributed by atoms with Gasteiger partial charge < -0.3 is 13.9 Å². The molecule has 0 atom stereocenters. The number of furan rings is 1. The first-order valence-corrected chi connectivity index (χ1v) is 6.08. The summed E-state index contributed by atoms with van der Waals surface area (Å²) in [5.41, 5.74) is 1.17. The van der Waals surface area contributed by atoms with E-state index in [1.165, 1.54) is 5.56 Å². The number of hydrogen-bond acceptors (Lipinski definition) is 5. The number of hydrogen-bond donors (Lipinski definition) is 0. The second-order valence-electron chi connectivity index (χ2n) is 4.10. The van der Waals surface area contributed by atoms with E-state index in [9.17, 15) is 4.79 Å². The first kappa shape index (κ1) is 14.7. The van der Waals surface area contributed by atoms with E-state index in [4.69, 9.17) is 13.9 Å². The first-order chi connectivity index (χ1) is 8.63. The number of ether oxygens (including phenoxy) is 2. The highest BCUT2D eigenvalue weighted by Gasteiger charge is 2.06. The maximum absolute atomic E-state index is 11.0. The Bertz CT molecular complexity index is 362. The number of rotatable bonds is 8. The Morgan fingerprint density at radius 1 is 1.50 bits per heavy atom. The molecule has 0 aromatic carbocycles. The van der Waals surface area contributed by atoms with Crippen molar-refractivity contribution in [3.8, 4) is 0 Å². The molecule has 0 N–H and O–H groups in total. The topological polar surface area (TPSA) is 51.9 Å². The van der Waals surface area contributed by atoms with Crippen LogP contribution in [0.2, 0.25) is 0 Å². The summed E-state index contributed by atoms with van der Waals surface area (Å²) in [5, 5.41) is 0. The average molecular weight is 255 g/mol. The van der Waals surface area contributed by atoms with Gasteiger partial charge >= 0.3 is 5.97 Å². The van der Waals surface area contributed by atoms with Gasteiger partial charge in [-0.15, -0.1) is 0 Å². The largest absolute Gasteiger partial charge is 0.469 e. The summed E-state index contributed by atoms with van der Waals surface area (Å²) in [6, 6.07) is 1.96. The molecule has 1 aromatic heterocycles. The molecule has 0 spiro atoms. The number of nitrogens with zero attached hydrogens (tertiary/aromatic N) is 1. The summed E-state index contributed by atoms with van der Waals surface area (Å²) in [6.07, 6.45) is 1.69. The van der Waals surface area contributed by atoms with E-state index in [-0.39, 0.29) is 12.6 Å². The Labute approximate surface area is 108 Å². The molecule has 0 aliphatic rings. The maximum atomic E-state index is 11.0. The maximum Gasteiger partial charge on any atom is 0.332 e. The van der Waals surface area contributed by atoms with E-state index in [1.807, 2.05) is 20.0 Å². The Morgan fingerprint density at radius 3 is 2.89 bits per heavy atom. The van der Waals surface area contributed by atoms with Crippen LogP contribution in [0.1, 0.15) is 18.2 Å². The lowest BCUT2D eigenvalue weighted by molar-refractivity contribution is -0.148. The van der Waals surface area contributed by atoms with Crippen molar-refractivity contribution in [2.24, 2.45) is 0 Å². The monoisotopic (exact) mass is 255 g/mol. The predicted molar refractivity (Wildman–Crippen MR) is 67.2 cm³/mol. The van der Waals surface area contributed by atoms with Gasteiger partial charge in [-0.3, -0.25) is 4.90 Å². The molecule has 1 aromatic rings. The molecular formula is C13H21NO4. The molecule has 0 amide bonds. The molecule has 0 fully saturated rings. The lowest BCUT2D eigenvalue weighted by Crippen LogP contribution is -2.24. The van der Waals surface area contributed by atoms with Crippen LogP contribution in [0, 0.1) is 6.92 Å². The van der Waals surface area contributed by atoms with E-state index < -0.39 is 0 Å². The molecule has 18 heavy (non-hydrogen) atoms. The Balaban J connectivity index is 2.12. The average Bonchev–Trinajstić information content (AvgIpc) is 2.71. The van der Waals surface area contributed by atoms with Crippen LogP contribution in [0.3, 0.4) is 0 Å². The number of likely N-dealkylation sites (N-methyl/N-ethyl adjacent to an activating group) is 1. The van der Waals surface area contributed by atoms with E-state index in [1.54, 1.807) is 13.2 Å². The molecule has 1 rings (SSSR count). The normalized spacial score (nSPS) is 10.9. The highest BCUT2D eigenvalue weighted by atomic mass is 16.6. The van der Waals surface area contributed by atoms with Crippen LogP contribution in [-0.4, -0.2) is 44.3 Å². The van der Waals surface area contributed by atoms with Crippen LogP contribution in [0.4, 0.5) is 0 Å². The third-order valence-electron chi connectivity index (χ3n) is 2.55. The molecule has 0 saturated carbocycles. The second-order valence-corrected chi connectivity index (χ2v) is 4.10. The Morgan fingerprint density at radius 2 is 2.28 bits per heavy atom. The highest BCUT2D eigenvalue weighted by molar-refractivity contribution is 5.70. The summed E-state index contributed by atoms with van der Waals surface area (Å²) >= 11 is 0.